The molecule has 19 heavy (non-hydrogen) atoms. The van der Waals surface area contributed by atoms with Gasteiger partial charge < -0.3 is 5.32 Å². The zero-order valence-corrected chi connectivity index (χ0v) is 11.2. The van der Waals surface area contributed by atoms with E-state index in [1.54, 1.807) is 13.1 Å². The van der Waals surface area contributed by atoms with E-state index in [-0.39, 0.29) is 17.6 Å². The van der Waals surface area contributed by atoms with Crippen molar-refractivity contribution < 1.29 is 9.42 Å². The number of amides is 1. The smallest absolute Gasteiger partial charge is 0.275 e. The number of aryl methyl sites for hydroxylation is 2. The second kappa shape index (κ2) is 5.60. The topological polar surface area (TPSA) is 80.9 Å². The molecule has 1 amide bonds. The molecule has 6 nitrogen and oxygen atoms in total. The molecule has 2 aromatic heterocycles. The minimum atomic E-state index is -0.278. The van der Waals surface area contributed by atoms with Crippen molar-refractivity contribution in [2.24, 2.45) is 0 Å². The summed E-state index contributed by atoms with van der Waals surface area (Å²) < 4.78 is 4.51. The summed E-state index contributed by atoms with van der Waals surface area (Å²) in [4.78, 5) is 16.2. The van der Waals surface area contributed by atoms with Crippen LogP contribution in [0.15, 0.2) is 23.0 Å². The molecule has 1 unspecified atom stereocenters. The molecule has 0 aromatic carbocycles. The van der Waals surface area contributed by atoms with Gasteiger partial charge in [0.25, 0.3) is 5.91 Å². The van der Waals surface area contributed by atoms with E-state index < -0.39 is 0 Å². The van der Waals surface area contributed by atoms with Crippen LogP contribution < -0.4 is 5.32 Å². The van der Waals surface area contributed by atoms with Gasteiger partial charge in [0.05, 0.1) is 0 Å². The second-order valence-corrected chi connectivity index (χ2v) is 4.54. The lowest BCUT2D eigenvalue weighted by Crippen LogP contribution is -2.35. The molecule has 0 fully saturated rings. The largest absolute Gasteiger partial charge is 0.348 e. The fraction of sp³-hybridized carbons (Fsp3) is 0.385. The lowest BCUT2D eigenvalue weighted by atomic mass is 10.1. The summed E-state index contributed by atoms with van der Waals surface area (Å²) in [6.45, 7) is 5.61. The number of nitrogens with zero attached hydrogens (tertiary/aromatic N) is 3. The Balaban J connectivity index is 1.99. The summed E-state index contributed by atoms with van der Waals surface area (Å²) in [7, 11) is 0. The van der Waals surface area contributed by atoms with Gasteiger partial charge in [-0.1, -0.05) is 11.2 Å². The van der Waals surface area contributed by atoms with Crippen molar-refractivity contribution in [1.82, 2.24) is 20.6 Å². The summed E-state index contributed by atoms with van der Waals surface area (Å²) in [6.07, 6.45) is 2.42. The van der Waals surface area contributed by atoms with Crippen molar-refractivity contribution in [2.45, 2.75) is 33.2 Å². The highest BCUT2D eigenvalue weighted by molar-refractivity contribution is 5.93. The van der Waals surface area contributed by atoms with Crippen molar-refractivity contribution >= 4 is 5.91 Å². The van der Waals surface area contributed by atoms with E-state index in [0.29, 0.717) is 12.1 Å². The van der Waals surface area contributed by atoms with Gasteiger partial charge in [0, 0.05) is 24.4 Å². The normalized spacial score (nSPS) is 12.2. The number of nitrogens with one attached hydrogen (secondary N) is 1. The molecule has 0 aliphatic rings. The highest BCUT2D eigenvalue weighted by atomic mass is 16.6. The fourth-order valence-corrected chi connectivity index (χ4v) is 1.80. The van der Waals surface area contributed by atoms with Gasteiger partial charge in [0.2, 0.25) is 0 Å². The molecule has 1 atom stereocenters. The molecule has 0 spiro atoms. The standard InChI is InChI=1S/C13H16N4O2/c1-8-5-4-6-14-11(8)7-9(2)15-13(18)12-10(3)16-19-17-12/h4-6,9H,7H2,1-3H3,(H,15,18). The predicted octanol–water partition coefficient (Wildman–Crippen LogP) is 1.44. The van der Waals surface area contributed by atoms with Crippen LogP contribution >= 0.6 is 0 Å². The number of rotatable bonds is 4. The van der Waals surface area contributed by atoms with Crippen LogP contribution in [0, 0.1) is 13.8 Å². The highest BCUT2D eigenvalue weighted by Gasteiger charge is 2.17. The van der Waals surface area contributed by atoms with E-state index in [1.807, 2.05) is 26.0 Å². The summed E-state index contributed by atoms with van der Waals surface area (Å²) in [5, 5.41) is 10.0. The SMILES string of the molecule is Cc1cccnc1CC(C)NC(=O)c1nonc1C. The van der Waals surface area contributed by atoms with E-state index in [2.05, 4.69) is 25.2 Å². The van der Waals surface area contributed by atoms with E-state index in [0.717, 1.165) is 11.3 Å². The summed E-state index contributed by atoms with van der Waals surface area (Å²) in [5.74, 6) is -0.278. The zero-order valence-electron chi connectivity index (χ0n) is 11.2. The van der Waals surface area contributed by atoms with Crippen molar-refractivity contribution in [3.05, 3.63) is 41.0 Å². The van der Waals surface area contributed by atoms with Gasteiger partial charge in [-0.2, -0.15) is 0 Å². The van der Waals surface area contributed by atoms with Crippen LogP contribution in [-0.2, 0) is 6.42 Å². The first-order valence-corrected chi connectivity index (χ1v) is 6.08. The van der Waals surface area contributed by atoms with Gasteiger partial charge in [-0.05, 0) is 37.6 Å². The molecular weight excluding hydrogens is 244 g/mol. The quantitative estimate of drug-likeness (QED) is 0.899. The first kappa shape index (κ1) is 13.2. The molecule has 2 aromatic rings. The number of carbonyl (C=O) groups excluding carboxylic acids is 1. The number of carbonyl (C=O) groups is 1. The number of pyridine rings is 1. The minimum absolute atomic E-state index is 0.0443. The Morgan fingerprint density at radius 3 is 2.84 bits per heavy atom. The lowest BCUT2D eigenvalue weighted by molar-refractivity contribution is 0.0929. The minimum Gasteiger partial charge on any atom is -0.348 e. The monoisotopic (exact) mass is 260 g/mol. The molecule has 0 aliphatic heterocycles. The first-order valence-electron chi connectivity index (χ1n) is 6.08. The third kappa shape index (κ3) is 3.15. The number of hydrogen-bond acceptors (Lipinski definition) is 5. The van der Waals surface area contributed by atoms with Gasteiger partial charge in [-0.15, -0.1) is 0 Å². The van der Waals surface area contributed by atoms with Gasteiger partial charge in [-0.3, -0.25) is 9.78 Å². The molecule has 0 saturated heterocycles. The van der Waals surface area contributed by atoms with Crippen molar-refractivity contribution in [2.75, 3.05) is 0 Å². The zero-order chi connectivity index (χ0) is 13.8. The molecule has 0 radical (unpaired) electrons. The molecular formula is C13H16N4O2. The van der Waals surface area contributed by atoms with Crippen LogP contribution in [0.4, 0.5) is 0 Å². The maximum absolute atomic E-state index is 11.9. The highest BCUT2D eigenvalue weighted by Crippen LogP contribution is 2.07. The van der Waals surface area contributed by atoms with Crippen molar-refractivity contribution in [3.63, 3.8) is 0 Å². The molecule has 2 rings (SSSR count). The average molecular weight is 260 g/mol. The second-order valence-electron chi connectivity index (χ2n) is 4.54. The number of hydrogen-bond donors (Lipinski definition) is 1. The molecule has 0 aliphatic carbocycles. The predicted molar refractivity (Wildman–Crippen MR) is 68.6 cm³/mol. The van der Waals surface area contributed by atoms with Crippen LogP contribution in [-0.4, -0.2) is 27.2 Å². The third-order valence-corrected chi connectivity index (χ3v) is 2.86. The molecule has 1 N–H and O–H groups in total. The Morgan fingerprint density at radius 2 is 2.21 bits per heavy atom. The maximum Gasteiger partial charge on any atom is 0.275 e. The molecule has 0 bridgehead atoms. The lowest BCUT2D eigenvalue weighted by Gasteiger charge is -2.13. The van der Waals surface area contributed by atoms with Crippen molar-refractivity contribution in [1.29, 1.82) is 0 Å². The molecule has 6 heteroatoms. The van der Waals surface area contributed by atoms with Crippen LogP contribution in [0.2, 0.25) is 0 Å². The van der Waals surface area contributed by atoms with E-state index in [4.69, 9.17) is 0 Å². The van der Waals surface area contributed by atoms with Gasteiger partial charge in [0.15, 0.2) is 5.69 Å². The van der Waals surface area contributed by atoms with Crippen LogP contribution in [0.3, 0.4) is 0 Å². The first-order chi connectivity index (χ1) is 9.08. The van der Waals surface area contributed by atoms with Crippen LogP contribution in [0.5, 0.6) is 0 Å². The van der Waals surface area contributed by atoms with E-state index in [9.17, 15) is 4.79 Å². The Hall–Kier alpha value is -2.24. The molecule has 0 saturated carbocycles. The molecule has 2 heterocycles. The Morgan fingerprint density at radius 1 is 1.42 bits per heavy atom. The van der Waals surface area contributed by atoms with Gasteiger partial charge in [-0.25, -0.2) is 4.63 Å². The third-order valence-electron chi connectivity index (χ3n) is 2.86. The Bertz CT molecular complexity index is 580. The van der Waals surface area contributed by atoms with Gasteiger partial charge >= 0.3 is 0 Å². The number of aromatic nitrogens is 3. The molecule has 100 valence electrons. The van der Waals surface area contributed by atoms with E-state index >= 15 is 0 Å². The summed E-state index contributed by atoms with van der Waals surface area (Å²) in [6, 6.07) is 3.85. The van der Waals surface area contributed by atoms with Crippen LogP contribution in [0.1, 0.15) is 34.4 Å². The van der Waals surface area contributed by atoms with E-state index in [1.165, 1.54) is 0 Å². The Kier molecular flexibility index (Phi) is 3.89. The fourth-order valence-electron chi connectivity index (χ4n) is 1.80. The average Bonchev–Trinajstić information content (AvgIpc) is 2.78. The summed E-state index contributed by atoms with van der Waals surface area (Å²) >= 11 is 0. The van der Waals surface area contributed by atoms with Crippen molar-refractivity contribution in [3.8, 4) is 0 Å². The summed E-state index contributed by atoms with van der Waals surface area (Å²) in [5.41, 5.74) is 2.80. The van der Waals surface area contributed by atoms with Gasteiger partial charge in [0.1, 0.15) is 5.69 Å². The maximum atomic E-state index is 11.9. The van der Waals surface area contributed by atoms with Crippen LogP contribution in [0.25, 0.3) is 0 Å². The Labute approximate surface area is 111 Å².